The van der Waals surface area contributed by atoms with Crippen LogP contribution < -0.4 is 5.32 Å². The second-order valence-electron chi connectivity index (χ2n) is 7.39. The van der Waals surface area contributed by atoms with Gasteiger partial charge in [0.05, 0.1) is 12.2 Å². The Hall–Kier alpha value is -1.44. The number of nitriles is 1. The van der Waals surface area contributed by atoms with E-state index >= 15 is 0 Å². The first-order chi connectivity index (χ1) is 10.9. The highest BCUT2D eigenvalue weighted by atomic mass is 19.1. The van der Waals surface area contributed by atoms with Crippen LogP contribution in [0.15, 0.2) is 24.3 Å². The van der Waals surface area contributed by atoms with Crippen molar-refractivity contribution in [2.45, 2.75) is 57.6 Å². The number of β-amino-alcohol motifs (C(OH)–C–C–N with tert-alkyl or cyclic N) is 1. The van der Waals surface area contributed by atoms with Gasteiger partial charge in [-0.15, -0.1) is 0 Å². The van der Waals surface area contributed by atoms with Gasteiger partial charge in [-0.3, -0.25) is 0 Å². The number of benzene rings is 1. The van der Waals surface area contributed by atoms with E-state index in [1.54, 1.807) is 12.1 Å². The van der Waals surface area contributed by atoms with E-state index < -0.39 is 6.10 Å². The van der Waals surface area contributed by atoms with E-state index in [4.69, 9.17) is 5.26 Å². The lowest BCUT2D eigenvalue weighted by atomic mass is 9.77. The van der Waals surface area contributed by atoms with Crippen molar-refractivity contribution in [3.8, 4) is 6.07 Å². The molecule has 1 aromatic rings. The summed E-state index contributed by atoms with van der Waals surface area (Å²) in [4.78, 5) is 0. The summed E-state index contributed by atoms with van der Waals surface area (Å²) in [7, 11) is 0. The van der Waals surface area contributed by atoms with E-state index in [0.29, 0.717) is 18.0 Å². The Bertz CT molecular complexity index is 545. The number of nitrogens with one attached hydrogen (secondary N) is 1. The van der Waals surface area contributed by atoms with Gasteiger partial charge in [0.15, 0.2) is 0 Å². The van der Waals surface area contributed by atoms with Crippen LogP contribution in [-0.4, -0.2) is 17.2 Å². The van der Waals surface area contributed by atoms with Crippen molar-refractivity contribution < 1.29 is 9.50 Å². The molecule has 0 aromatic heterocycles. The van der Waals surface area contributed by atoms with Gasteiger partial charge in [-0.1, -0.05) is 12.1 Å². The number of halogens is 1. The maximum absolute atomic E-state index is 13.2. The van der Waals surface area contributed by atoms with Crippen molar-refractivity contribution in [1.29, 1.82) is 5.26 Å². The summed E-state index contributed by atoms with van der Waals surface area (Å²) in [6.45, 7) is 4.69. The second kappa shape index (κ2) is 7.90. The van der Waals surface area contributed by atoms with E-state index in [1.807, 2.05) is 0 Å². The van der Waals surface area contributed by atoms with Crippen molar-refractivity contribution in [3.05, 3.63) is 35.6 Å². The lowest BCUT2D eigenvalue weighted by Gasteiger charge is -2.34. The van der Waals surface area contributed by atoms with Crippen LogP contribution >= 0.6 is 0 Å². The number of rotatable bonds is 6. The molecule has 1 aliphatic rings. The zero-order chi connectivity index (χ0) is 16.9. The minimum absolute atomic E-state index is 0.0849. The van der Waals surface area contributed by atoms with Crippen molar-refractivity contribution >= 4 is 0 Å². The predicted octanol–water partition coefficient (Wildman–Crippen LogP) is 3.95. The van der Waals surface area contributed by atoms with E-state index in [0.717, 1.165) is 32.1 Å². The largest absolute Gasteiger partial charge is 0.387 e. The van der Waals surface area contributed by atoms with Crippen molar-refractivity contribution in [2.75, 3.05) is 6.54 Å². The van der Waals surface area contributed by atoms with Gasteiger partial charge in [-0.25, -0.2) is 4.39 Å². The highest BCUT2D eigenvalue weighted by Gasteiger charge is 2.27. The monoisotopic (exact) mass is 318 g/mol. The standard InChI is InChI=1S/C19H27FN2O/c1-19(2,11-14-6-8-15(12-21)9-7-14)22-13-18(23)16-4-3-5-17(20)10-16/h3-5,10,14-15,18,22-23H,6-9,11,13H2,1-2H3/t14?,15?,18-/m0/s1. The topological polar surface area (TPSA) is 56.0 Å². The normalized spacial score (nSPS) is 23.3. The second-order valence-corrected chi connectivity index (χ2v) is 7.39. The highest BCUT2D eigenvalue weighted by Crippen LogP contribution is 2.33. The number of hydrogen-bond donors (Lipinski definition) is 2. The van der Waals surface area contributed by atoms with E-state index in [2.05, 4.69) is 25.2 Å². The minimum Gasteiger partial charge on any atom is -0.387 e. The third kappa shape index (κ3) is 5.60. The molecule has 1 saturated carbocycles. The van der Waals surface area contributed by atoms with Gasteiger partial charge in [0.2, 0.25) is 0 Å². The van der Waals surface area contributed by atoms with Gasteiger partial charge >= 0.3 is 0 Å². The fraction of sp³-hybridized carbons (Fsp3) is 0.632. The average molecular weight is 318 g/mol. The molecule has 0 bridgehead atoms. The molecule has 0 amide bonds. The first-order valence-electron chi connectivity index (χ1n) is 8.48. The smallest absolute Gasteiger partial charge is 0.123 e. The van der Waals surface area contributed by atoms with Gasteiger partial charge in [0.1, 0.15) is 5.82 Å². The third-order valence-corrected chi connectivity index (χ3v) is 4.84. The minimum atomic E-state index is -0.709. The number of aliphatic hydroxyl groups is 1. The van der Waals surface area contributed by atoms with Crippen LogP contribution in [-0.2, 0) is 0 Å². The van der Waals surface area contributed by atoms with E-state index in [1.165, 1.54) is 12.1 Å². The molecular formula is C19H27FN2O. The molecule has 1 aliphatic carbocycles. The Kier molecular flexibility index (Phi) is 6.15. The summed E-state index contributed by atoms with van der Waals surface area (Å²) < 4.78 is 13.2. The first-order valence-corrected chi connectivity index (χ1v) is 8.48. The Morgan fingerprint density at radius 3 is 2.65 bits per heavy atom. The molecule has 0 saturated heterocycles. The zero-order valence-electron chi connectivity index (χ0n) is 14.1. The van der Waals surface area contributed by atoms with Crippen LogP contribution in [0.4, 0.5) is 4.39 Å². The Balaban J connectivity index is 1.81. The van der Waals surface area contributed by atoms with Crippen molar-refractivity contribution in [2.24, 2.45) is 11.8 Å². The van der Waals surface area contributed by atoms with Crippen LogP contribution in [0.5, 0.6) is 0 Å². The molecular weight excluding hydrogens is 291 g/mol. The van der Waals surface area contributed by atoms with Crippen LogP contribution in [0.25, 0.3) is 0 Å². The molecule has 4 heteroatoms. The van der Waals surface area contributed by atoms with E-state index in [9.17, 15) is 9.50 Å². The molecule has 23 heavy (non-hydrogen) atoms. The molecule has 1 aromatic carbocycles. The molecule has 2 rings (SSSR count). The molecule has 2 N–H and O–H groups in total. The van der Waals surface area contributed by atoms with Gasteiger partial charge in [-0.2, -0.15) is 5.26 Å². The lowest BCUT2D eigenvalue weighted by molar-refractivity contribution is 0.149. The molecule has 0 aliphatic heterocycles. The number of aliphatic hydroxyl groups excluding tert-OH is 1. The quantitative estimate of drug-likeness (QED) is 0.835. The van der Waals surface area contributed by atoms with Crippen molar-refractivity contribution in [1.82, 2.24) is 5.32 Å². The van der Waals surface area contributed by atoms with Gasteiger partial charge in [0.25, 0.3) is 0 Å². The first kappa shape index (κ1) is 17.9. The SMILES string of the molecule is CC(C)(CC1CCC(C#N)CC1)NC[C@H](O)c1cccc(F)c1. The average Bonchev–Trinajstić information content (AvgIpc) is 2.53. The number of nitrogens with zero attached hydrogens (tertiary/aromatic N) is 1. The molecule has 0 radical (unpaired) electrons. The molecule has 1 fully saturated rings. The molecule has 0 heterocycles. The van der Waals surface area contributed by atoms with Crippen LogP contribution in [0.3, 0.4) is 0 Å². The van der Waals surface area contributed by atoms with Crippen LogP contribution in [0, 0.1) is 29.0 Å². The number of hydrogen-bond acceptors (Lipinski definition) is 3. The Morgan fingerprint density at radius 1 is 1.35 bits per heavy atom. The summed E-state index contributed by atoms with van der Waals surface area (Å²) in [5.74, 6) is 0.542. The zero-order valence-corrected chi connectivity index (χ0v) is 14.1. The molecule has 0 unspecified atom stereocenters. The fourth-order valence-corrected chi connectivity index (χ4v) is 3.49. The Morgan fingerprint density at radius 2 is 2.04 bits per heavy atom. The summed E-state index contributed by atoms with van der Waals surface area (Å²) in [5, 5.41) is 22.6. The molecule has 3 nitrogen and oxygen atoms in total. The summed E-state index contributed by atoms with van der Waals surface area (Å²) in [6.07, 6.45) is 4.54. The van der Waals surface area contributed by atoms with Gasteiger partial charge in [-0.05, 0) is 69.6 Å². The fourth-order valence-electron chi connectivity index (χ4n) is 3.49. The van der Waals surface area contributed by atoms with Crippen molar-refractivity contribution in [3.63, 3.8) is 0 Å². The van der Waals surface area contributed by atoms with E-state index in [-0.39, 0.29) is 17.3 Å². The maximum atomic E-state index is 13.2. The summed E-state index contributed by atoms with van der Waals surface area (Å²) in [6, 6.07) is 8.49. The molecule has 1 atom stereocenters. The predicted molar refractivity (Wildman–Crippen MR) is 89.1 cm³/mol. The maximum Gasteiger partial charge on any atom is 0.123 e. The summed E-state index contributed by atoms with van der Waals surface area (Å²) in [5.41, 5.74) is 0.515. The Labute approximate surface area is 138 Å². The highest BCUT2D eigenvalue weighted by molar-refractivity contribution is 5.19. The molecule has 0 spiro atoms. The van der Waals surface area contributed by atoms with Crippen LogP contribution in [0.1, 0.15) is 57.6 Å². The van der Waals surface area contributed by atoms with Gasteiger partial charge in [0, 0.05) is 18.0 Å². The van der Waals surface area contributed by atoms with Crippen LogP contribution in [0.2, 0.25) is 0 Å². The van der Waals surface area contributed by atoms with Gasteiger partial charge < -0.3 is 10.4 Å². The summed E-state index contributed by atoms with van der Waals surface area (Å²) >= 11 is 0. The lowest BCUT2D eigenvalue weighted by Crippen LogP contribution is -2.43. The molecule has 126 valence electrons. The third-order valence-electron chi connectivity index (χ3n) is 4.84.